The Morgan fingerprint density at radius 3 is 1.81 bits per heavy atom. The van der Waals surface area contributed by atoms with Crippen LogP contribution >= 0.6 is 0 Å². The Bertz CT molecular complexity index is 2870. The zero-order valence-electron chi connectivity index (χ0n) is 57.8. The van der Waals surface area contributed by atoms with Crippen LogP contribution in [0.5, 0.6) is 0 Å². The Hall–Kier alpha value is -2.81. The van der Waals surface area contributed by atoms with E-state index in [1.807, 2.05) is 20.8 Å². The second-order valence-corrected chi connectivity index (χ2v) is 32.3. The summed E-state index contributed by atoms with van der Waals surface area (Å²) in [5, 5.41) is 157. The van der Waals surface area contributed by atoms with Crippen molar-refractivity contribution in [3.8, 4) is 0 Å². The minimum absolute atomic E-state index is 0.0326. The van der Waals surface area contributed by atoms with Gasteiger partial charge in [0.1, 0.15) is 103 Å². The van der Waals surface area contributed by atoms with E-state index < -0.39 is 254 Å². The minimum atomic E-state index is -2.32. The van der Waals surface area contributed by atoms with Crippen LogP contribution in [0.1, 0.15) is 147 Å². The van der Waals surface area contributed by atoms with Crippen LogP contribution in [0.4, 0.5) is 0 Å². The zero-order chi connectivity index (χ0) is 71.7. The highest BCUT2D eigenvalue weighted by Crippen LogP contribution is 2.82. The third-order valence-corrected chi connectivity index (χ3v) is 26.1. The molecule has 14 N–H and O–H groups in total. The topological polar surface area (TPSA) is 454 Å². The number of aliphatic hydroxyl groups is 13. The number of carbonyl (C=O) groups is 3. The molecule has 6 heterocycles. The number of fused-ring (bicyclic) bond motifs is 4. The van der Waals surface area contributed by atoms with Crippen LogP contribution in [-0.2, 0) is 76.0 Å². The molecular formula is C68H108O30. The molecule has 35 atom stereocenters. The van der Waals surface area contributed by atoms with Crippen molar-refractivity contribution in [3.05, 3.63) is 12.2 Å². The first kappa shape index (κ1) is 76.3. The average Bonchev–Trinajstić information content (AvgIpc) is 1.38. The van der Waals surface area contributed by atoms with Gasteiger partial charge in [0, 0.05) is 30.3 Å². The number of carboxylic acid groups (broad SMARTS) is 1. The molecule has 560 valence electrons. The summed E-state index contributed by atoms with van der Waals surface area (Å²) in [6, 6.07) is 0. The van der Waals surface area contributed by atoms with E-state index >= 15 is 0 Å². The molecule has 6 saturated heterocycles. The van der Waals surface area contributed by atoms with Crippen LogP contribution in [0.3, 0.4) is 0 Å². The number of ether oxygens (including phenoxy) is 13. The minimum Gasteiger partial charge on any atom is -0.479 e. The quantitative estimate of drug-likeness (QED) is 0.0431. The summed E-state index contributed by atoms with van der Waals surface area (Å²) >= 11 is 0. The molecular weight excluding hydrogens is 1300 g/mol. The number of aliphatic hydroxyl groups excluding tert-OH is 12. The summed E-state index contributed by atoms with van der Waals surface area (Å²) in [7, 11) is 0. The molecule has 5 saturated carbocycles. The van der Waals surface area contributed by atoms with E-state index in [-0.39, 0.29) is 18.3 Å². The van der Waals surface area contributed by atoms with E-state index in [9.17, 15) is 85.9 Å². The predicted molar refractivity (Wildman–Crippen MR) is 331 cm³/mol. The van der Waals surface area contributed by atoms with Gasteiger partial charge in [-0.25, -0.2) is 9.59 Å². The van der Waals surface area contributed by atoms with Gasteiger partial charge in [-0.05, 0) is 105 Å². The highest BCUT2D eigenvalue weighted by molar-refractivity contribution is 5.82. The number of unbranched alkanes of at least 4 members (excludes halogenated alkanes) is 1. The van der Waals surface area contributed by atoms with Crippen molar-refractivity contribution in [3.63, 3.8) is 0 Å². The van der Waals surface area contributed by atoms with Gasteiger partial charge in [0.2, 0.25) is 0 Å². The Morgan fingerprint density at radius 2 is 1.17 bits per heavy atom. The molecule has 11 aliphatic rings. The van der Waals surface area contributed by atoms with Crippen LogP contribution in [0.15, 0.2) is 12.2 Å². The lowest BCUT2D eigenvalue weighted by atomic mass is 9.30. The van der Waals surface area contributed by atoms with Gasteiger partial charge in [0.05, 0.1) is 50.3 Å². The molecule has 30 nitrogen and oxygen atoms in total. The highest BCUT2D eigenvalue weighted by atomic mass is 16.8. The number of carbonyl (C=O) groups excluding carboxylic acids is 2. The molecule has 1 spiro atoms. The summed E-state index contributed by atoms with van der Waals surface area (Å²) < 4.78 is 82.5. The van der Waals surface area contributed by atoms with Crippen LogP contribution < -0.4 is 0 Å². The molecule has 0 amide bonds. The fourth-order valence-electron chi connectivity index (χ4n) is 20.5. The van der Waals surface area contributed by atoms with Gasteiger partial charge in [0.25, 0.3) is 0 Å². The van der Waals surface area contributed by atoms with E-state index in [0.717, 1.165) is 6.42 Å². The van der Waals surface area contributed by atoms with Gasteiger partial charge in [-0.2, -0.15) is 0 Å². The fourth-order valence-corrected chi connectivity index (χ4v) is 20.5. The van der Waals surface area contributed by atoms with Gasteiger partial charge in [-0.15, -0.1) is 0 Å². The number of hydrogen-bond donors (Lipinski definition) is 14. The standard InChI is InChI=1S/C68H108O30/c1-12-13-14-15-40(73)91-38-23-61(5,6)22-36-67-21-17-35-63(9)19-18-37(62(7,8)34(63)16-20-64(35,10)65(67,11)24-39(88-31(4)72)68(36,38)60(84)98-67)92-58-52(97-55-46(79)44(77)42(75)32(25-69)89-55)48(47(80)49(94-58)54(82)83)93-57-51(45(78)43(76)33(26-70)90-57)95-56-50(41(74)29(2)30(3)87-56)96-59-53(81)66(85,27-71)28-86-59/h14-15,29-30,32-39,41-53,55-60,69-71,74-81,84-85H,12-13,16-28H2,1-11H3,(H,82,83)/b15-14+/t29-,30-,32+,33+,34?,35?,36-,37-,38?,39+,41+,42-,43-,44-,45-,46+,47-,48-,49-,50+,51?,52+,53-,55?,56-,57-,58+,59-,60+,63-,64+,65-,66+,67-,68?/m0/s1. The van der Waals surface area contributed by atoms with Crippen molar-refractivity contribution < 1.29 is 147 Å². The number of aliphatic carboxylic acids is 1. The van der Waals surface area contributed by atoms with Crippen LogP contribution in [0.25, 0.3) is 0 Å². The third-order valence-electron chi connectivity index (χ3n) is 26.1. The van der Waals surface area contributed by atoms with Gasteiger partial charge in [-0.3, -0.25) is 4.79 Å². The average molecular weight is 1410 g/mol. The molecule has 11 fully saturated rings. The van der Waals surface area contributed by atoms with E-state index in [1.54, 1.807) is 19.9 Å². The normalized spacial score (nSPS) is 52.7. The first-order valence-corrected chi connectivity index (χ1v) is 35.0. The van der Waals surface area contributed by atoms with E-state index in [4.69, 9.17) is 61.6 Å². The largest absolute Gasteiger partial charge is 0.479 e. The second kappa shape index (κ2) is 27.9. The number of rotatable bonds is 19. The van der Waals surface area contributed by atoms with E-state index in [0.29, 0.717) is 57.8 Å². The molecule has 30 heteroatoms. The Balaban J connectivity index is 0.916. The van der Waals surface area contributed by atoms with Crippen LogP contribution in [0, 0.1) is 56.2 Å². The van der Waals surface area contributed by atoms with Crippen molar-refractivity contribution >= 4 is 17.9 Å². The Labute approximate surface area is 570 Å². The van der Waals surface area contributed by atoms with Gasteiger partial charge in [-0.1, -0.05) is 74.8 Å². The molecule has 6 aliphatic heterocycles. The highest BCUT2D eigenvalue weighted by Gasteiger charge is 2.85. The molecule has 0 radical (unpaired) electrons. The van der Waals surface area contributed by atoms with E-state index in [2.05, 4.69) is 34.6 Å². The molecule has 0 aromatic heterocycles. The number of hydrogen-bond acceptors (Lipinski definition) is 29. The van der Waals surface area contributed by atoms with Crippen molar-refractivity contribution in [1.82, 2.24) is 0 Å². The molecule has 0 aromatic rings. The van der Waals surface area contributed by atoms with Crippen molar-refractivity contribution in [2.45, 2.75) is 312 Å². The first-order chi connectivity index (χ1) is 45.9. The molecule has 6 unspecified atom stereocenters. The summed E-state index contributed by atoms with van der Waals surface area (Å²) in [4.78, 5) is 40.6. The molecule has 11 rings (SSSR count). The third kappa shape index (κ3) is 12.4. The lowest BCUT2D eigenvalue weighted by Crippen LogP contribution is -2.76. The fraction of sp³-hybridized carbons (Fsp3) is 0.926. The van der Waals surface area contributed by atoms with Gasteiger partial charge >= 0.3 is 17.9 Å². The van der Waals surface area contributed by atoms with Gasteiger partial charge < -0.3 is 133 Å². The maximum atomic E-state index is 13.7. The second-order valence-electron chi connectivity index (χ2n) is 32.3. The summed E-state index contributed by atoms with van der Waals surface area (Å²) in [6.45, 7) is 18.2. The Morgan fingerprint density at radius 1 is 0.582 bits per heavy atom. The number of allylic oxidation sites excluding steroid dienone is 1. The lowest BCUT2D eigenvalue weighted by Gasteiger charge is -2.75. The monoisotopic (exact) mass is 1400 g/mol. The summed E-state index contributed by atoms with van der Waals surface area (Å²) in [5.41, 5.74) is -7.45. The maximum Gasteiger partial charge on any atom is 0.335 e. The number of esters is 2. The molecule has 0 aromatic carbocycles. The maximum absolute atomic E-state index is 13.7. The zero-order valence-corrected chi connectivity index (χ0v) is 57.8. The number of carboxylic acids is 1. The molecule has 5 aliphatic carbocycles. The summed E-state index contributed by atoms with van der Waals surface area (Å²) in [5.74, 6) is -4.15. The Kier molecular flexibility index (Phi) is 21.7. The SMILES string of the molecule is CCC/C=C/C(=O)OC1CC(C)(C)C[C@@H]2C13[C@H](O)O[C@@]21CCC2[C@@]4(C)CC[C@H](O[C@@H]5O[C@H](C(=O)O)[C@@H](O)[C@H](O[C@@H]6O[C@H](CO)[C@H](O)[C@H](O)C6O[C@@H]6O[C@@H](C)[C@H](C)[C@@H](O)[C@H]6O[C@@H]6OC[C@](O)(CO)[C@H]6O)[C@H]5OC5O[C@H](CO)[C@H](O)[C@H](O)[C@H]5O)C(C)(C)C4CC[C@@]2(C)[C@]1(C)C[C@H]3OC(C)=O. The molecule has 98 heavy (non-hydrogen) atoms. The van der Waals surface area contributed by atoms with Gasteiger partial charge in [0.15, 0.2) is 43.8 Å². The molecule has 2 bridgehead atoms. The van der Waals surface area contributed by atoms with Crippen LogP contribution in [-0.4, -0.2) is 281 Å². The summed E-state index contributed by atoms with van der Waals surface area (Å²) in [6.07, 6.45) is -34.4. The smallest absolute Gasteiger partial charge is 0.335 e. The lowest BCUT2D eigenvalue weighted by molar-refractivity contribution is -0.408. The first-order valence-electron chi connectivity index (χ1n) is 35.0. The van der Waals surface area contributed by atoms with Crippen molar-refractivity contribution in [2.75, 3.05) is 26.4 Å². The predicted octanol–water partition coefficient (Wildman–Crippen LogP) is -0.723. The van der Waals surface area contributed by atoms with Crippen LogP contribution in [0.2, 0.25) is 0 Å². The van der Waals surface area contributed by atoms with Crippen molar-refractivity contribution in [1.29, 1.82) is 0 Å². The van der Waals surface area contributed by atoms with Crippen molar-refractivity contribution in [2.24, 2.45) is 56.2 Å². The van der Waals surface area contributed by atoms with E-state index in [1.165, 1.54) is 13.0 Å².